The maximum Gasteiger partial charge on any atom is 0.339 e. The Morgan fingerprint density at radius 3 is 2.36 bits per heavy atom. The molecule has 0 fully saturated rings. The molecule has 0 unspecified atom stereocenters. The highest BCUT2D eigenvalue weighted by molar-refractivity contribution is 14.1. The van der Waals surface area contributed by atoms with E-state index in [4.69, 9.17) is 4.74 Å². The van der Waals surface area contributed by atoms with Crippen molar-refractivity contribution in [2.24, 2.45) is 0 Å². The summed E-state index contributed by atoms with van der Waals surface area (Å²) in [6.07, 6.45) is 0. The SMILES string of the molecule is COC(=O)c1cc(OC)c(I)cc1I. The van der Waals surface area contributed by atoms with E-state index >= 15 is 0 Å². The molecule has 1 rings (SSSR count). The molecule has 1 aromatic rings. The summed E-state index contributed by atoms with van der Waals surface area (Å²) in [6, 6.07) is 3.57. The Hall–Kier alpha value is -0.0500. The molecular weight excluding hydrogens is 410 g/mol. The molecule has 0 saturated carbocycles. The topological polar surface area (TPSA) is 35.5 Å². The van der Waals surface area contributed by atoms with Gasteiger partial charge in [-0.25, -0.2) is 4.79 Å². The Balaban J connectivity index is 3.24. The molecule has 0 aliphatic heterocycles. The number of hydrogen-bond donors (Lipinski definition) is 0. The highest BCUT2D eigenvalue weighted by Gasteiger charge is 2.13. The standard InChI is InChI=1S/C9H8I2O3/c1-13-8-3-5(9(12)14-2)6(10)4-7(8)11/h3-4H,1-2H3. The molecule has 1 aromatic carbocycles. The second-order valence-electron chi connectivity index (χ2n) is 2.46. The molecule has 0 radical (unpaired) electrons. The van der Waals surface area contributed by atoms with Crippen molar-refractivity contribution >= 4 is 51.2 Å². The van der Waals surface area contributed by atoms with Gasteiger partial charge in [0.05, 0.1) is 23.4 Å². The summed E-state index contributed by atoms with van der Waals surface area (Å²) < 4.78 is 11.6. The minimum Gasteiger partial charge on any atom is -0.496 e. The van der Waals surface area contributed by atoms with Crippen molar-refractivity contribution in [3.05, 3.63) is 24.8 Å². The van der Waals surface area contributed by atoms with Gasteiger partial charge in [0, 0.05) is 3.57 Å². The van der Waals surface area contributed by atoms with Gasteiger partial charge in [0.25, 0.3) is 0 Å². The minimum absolute atomic E-state index is 0.343. The number of halogens is 2. The molecule has 14 heavy (non-hydrogen) atoms. The minimum atomic E-state index is -0.343. The van der Waals surface area contributed by atoms with Crippen molar-refractivity contribution in [1.29, 1.82) is 0 Å². The van der Waals surface area contributed by atoms with E-state index in [0.717, 1.165) is 7.14 Å². The monoisotopic (exact) mass is 418 g/mol. The zero-order chi connectivity index (χ0) is 10.7. The molecule has 0 N–H and O–H groups in total. The van der Waals surface area contributed by atoms with Crippen molar-refractivity contribution in [3.63, 3.8) is 0 Å². The van der Waals surface area contributed by atoms with Crippen LogP contribution >= 0.6 is 45.2 Å². The van der Waals surface area contributed by atoms with Crippen LogP contribution in [-0.4, -0.2) is 20.2 Å². The fourth-order valence-corrected chi connectivity index (χ4v) is 2.92. The predicted molar refractivity (Wildman–Crippen MR) is 69.8 cm³/mol. The predicted octanol–water partition coefficient (Wildman–Crippen LogP) is 2.69. The zero-order valence-corrected chi connectivity index (χ0v) is 12.0. The highest BCUT2D eigenvalue weighted by Crippen LogP contribution is 2.26. The van der Waals surface area contributed by atoms with Gasteiger partial charge in [-0.15, -0.1) is 0 Å². The van der Waals surface area contributed by atoms with E-state index in [2.05, 4.69) is 49.9 Å². The third kappa shape index (κ3) is 2.50. The van der Waals surface area contributed by atoms with Gasteiger partial charge in [0.1, 0.15) is 5.75 Å². The number of methoxy groups -OCH3 is 2. The molecule has 0 heterocycles. The maximum absolute atomic E-state index is 11.3. The van der Waals surface area contributed by atoms with E-state index in [-0.39, 0.29) is 5.97 Å². The summed E-state index contributed by atoms with van der Waals surface area (Å²) in [4.78, 5) is 11.3. The maximum atomic E-state index is 11.3. The molecule has 0 amide bonds. The second-order valence-corrected chi connectivity index (χ2v) is 4.78. The first-order chi connectivity index (χ1) is 6.60. The normalized spacial score (nSPS) is 9.71. The lowest BCUT2D eigenvalue weighted by atomic mass is 10.2. The fourth-order valence-electron chi connectivity index (χ4n) is 0.952. The molecule has 0 spiro atoms. The number of ether oxygens (including phenoxy) is 2. The van der Waals surface area contributed by atoms with Crippen LogP contribution in [0, 0.1) is 7.14 Å². The summed E-state index contributed by atoms with van der Waals surface area (Å²) in [5, 5.41) is 0. The van der Waals surface area contributed by atoms with Gasteiger partial charge in [-0.05, 0) is 57.3 Å². The number of carbonyl (C=O) groups is 1. The average Bonchev–Trinajstić information content (AvgIpc) is 2.17. The Kier molecular flexibility index (Phi) is 4.42. The number of esters is 1. The number of rotatable bonds is 2. The Morgan fingerprint density at radius 2 is 1.86 bits per heavy atom. The Labute approximate surface area is 109 Å². The van der Waals surface area contributed by atoms with Crippen LogP contribution in [0.3, 0.4) is 0 Å². The van der Waals surface area contributed by atoms with Crippen LogP contribution in [0.2, 0.25) is 0 Å². The van der Waals surface area contributed by atoms with Crippen LogP contribution in [0.5, 0.6) is 5.75 Å². The van der Waals surface area contributed by atoms with E-state index in [1.807, 2.05) is 6.07 Å². The number of benzene rings is 1. The quantitative estimate of drug-likeness (QED) is 0.548. The summed E-state index contributed by atoms with van der Waals surface area (Å²) in [7, 11) is 2.94. The number of carbonyl (C=O) groups excluding carboxylic acids is 1. The second kappa shape index (κ2) is 5.15. The lowest BCUT2D eigenvalue weighted by molar-refractivity contribution is 0.0599. The number of hydrogen-bond acceptors (Lipinski definition) is 3. The van der Waals surface area contributed by atoms with E-state index in [1.165, 1.54) is 7.11 Å². The molecule has 76 valence electrons. The van der Waals surface area contributed by atoms with Gasteiger partial charge in [0.15, 0.2) is 0 Å². The highest BCUT2D eigenvalue weighted by atomic mass is 127. The molecule has 0 atom stereocenters. The lowest BCUT2D eigenvalue weighted by Gasteiger charge is -2.07. The van der Waals surface area contributed by atoms with Crippen LogP contribution in [0.1, 0.15) is 10.4 Å². The average molecular weight is 418 g/mol. The third-order valence-electron chi connectivity index (χ3n) is 1.65. The fraction of sp³-hybridized carbons (Fsp3) is 0.222. The molecule has 0 aliphatic rings. The molecule has 0 aromatic heterocycles. The largest absolute Gasteiger partial charge is 0.496 e. The van der Waals surface area contributed by atoms with Gasteiger partial charge in [-0.2, -0.15) is 0 Å². The summed E-state index contributed by atoms with van der Waals surface area (Å²) in [5.41, 5.74) is 0.533. The molecule has 3 nitrogen and oxygen atoms in total. The van der Waals surface area contributed by atoms with Crippen LogP contribution in [0.4, 0.5) is 0 Å². The van der Waals surface area contributed by atoms with Gasteiger partial charge < -0.3 is 9.47 Å². The first-order valence-corrected chi connectivity index (χ1v) is 5.87. The third-order valence-corrected chi connectivity index (χ3v) is 3.38. The summed E-state index contributed by atoms with van der Waals surface area (Å²) in [5.74, 6) is 0.343. The van der Waals surface area contributed by atoms with E-state index < -0.39 is 0 Å². The van der Waals surface area contributed by atoms with E-state index in [0.29, 0.717) is 11.3 Å². The van der Waals surface area contributed by atoms with Crippen molar-refractivity contribution in [2.75, 3.05) is 14.2 Å². The van der Waals surface area contributed by atoms with E-state index in [1.54, 1.807) is 13.2 Å². The van der Waals surface area contributed by atoms with Crippen molar-refractivity contribution in [1.82, 2.24) is 0 Å². The van der Waals surface area contributed by atoms with Crippen LogP contribution in [-0.2, 0) is 4.74 Å². The molecule has 0 bridgehead atoms. The molecule has 0 aliphatic carbocycles. The van der Waals surface area contributed by atoms with Crippen molar-refractivity contribution in [3.8, 4) is 5.75 Å². The van der Waals surface area contributed by atoms with Gasteiger partial charge in [-0.3, -0.25) is 0 Å². The van der Waals surface area contributed by atoms with Gasteiger partial charge in [-0.1, -0.05) is 0 Å². The zero-order valence-electron chi connectivity index (χ0n) is 7.64. The summed E-state index contributed by atoms with van der Waals surface area (Å²) in [6.45, 7) is 0. The van der Waals surface area contributed by atoms with Crippen LogP contribution in [0.25, 0.3) is 0 Å². The Morgan fingerprint density at radius 1 is 1.21 bits per heavy atom. The summed E-state index contributed by atoms with van der Waals surface area (Å²) >= 11 is 4.25. The Bertz CT molecular complexity index is 363. The lowest BCUT2D eigenvalue weighted by Crippen LogP contribution is -2.05. The smallest absolute Gasteiger partial charge is 0.339 e. The van der Waals surface area contributed by atoms with E-state index in [9.17, 15) is 4.79 Å². The molecule has 0 saturated heterocycles. The van der Waals surface area contributed by atoms with Crippen LogP contribution in [0.15, 0.2) is 12.1 Å². The van der Waals surface area contributed by atoms with Crippen LogP contribution < -0.4 is 4.74 Å². The first kappa shape index (κ1) is 12.0. The van der Waals surface area contributed by atoms with Gasteiger partial charge in [0.2, 0.25) is 0 Å². The van der Waals surface area contributed by atoms with Crippen molar-refractivity contribution < 1.29 is 14.3 Å². The first-order valence-electron chi connectivity index (χ1n) is 3.71. The molecule has 5 heteroatoms. The molecular formula is C9H8I2O3. The van der Waals surface area contributed by atoms with Gasteiger partial charge >= 0.3 is 5.97 Å². The van der Waals surface area contributed by atoms with Crippen molar-refractivity contribution in [2.45, 2.75) is 0 Å².